The zero-order valence-electron chi connectivity index (χ0n) is 33.1. The van der Waals surface area contributed by atoms with E-state index in [1.807, 2.05) is 22.7 Å². The van der Waals surface area contributed by atoms with E-state index >= 15 is 0 Å². The summed E-state index contributed by atoms with van der Waals surface area (Å²) in [5.41, 5.74) is 13.0. The fraction of sp³-hybridized carbons (Fsp3) is 0. The van der Waals surface area contributed by atoms with Gasteiger partial charge in [-0.15, -0.1) is 22.7 Å². The van der Waals surface area contributed by atoms with Gasteiger partial charge in [0.05, 0.1) is 11.4 Å². The number of thiophene rings is 2. The van der Waals surface area contributed by atoms with Crippen molar-refractivity contribution in [1.82, 2.24) is 0 Å². The second-order valence-corrected chi connectivity index (χ2v) is 17.7. The standard InChI is InChI=1S/C58H37NS2/c1-2-22-43-38(16-1)17-13-28-45(43)46-23-3-7-31-52(46)59(53-32-8-4-24-47(53)49-29-15-35-56-57(49)51-26-6-10-34-55(51)60-56)42-21-12-19-40(37-42)39-18-11-20-41(36-39)44-27-14-30-50-48-25-5-9-33-54(48)61-58(44)50/h1-37H. The van der Waals surface area contributed by atoms with Gasteiger partial charge in [-0.25, -0.2) is 0 Å². The third kappa shape index (κ3) is 6.04. The van der Waals surface area contributed by atoms with Crippen LogP contribution in [0, 0.1) is 0 Å². The van der Waals surface area contributed by atoms with E-state index in [1.165, 1.54) is 95.6 Å². The molecule has 12 rings (SSSR count). The van der Waals surface area contributed by atoms with Crippen LogP contribution in [0.15, 0.2) is 224 Å². The molecule has 0 radical (unpaired) electrons. The van der Waals surface area contributed by atoms with Crippen molar-refractivity contribution < 1.29 is 0 Å². The van der Waals surface area contributed by atoms with Gasteiger partial charge in [0.1, 0.15) is 0 Å². The first-order valence-corrected chi connectivity index (χ1v) is 22.4. The van der Waals surface area contributed by atoms with E-state index in [9.17, 15) is 0 Å². The number of rotatable bonds is 7. The Bertz CT molecular complexity index is 3620. The highest BCUT2D eigenvalue weighted by molar-refractivity contribution is 7.26. The van der Waals surface area contributed by atoms with Crippen molar-refractivity contribution in [2.75, 3.05) is 4.90 Å². The van der Waals surface area contributed by atoms with Gasteiger partial charge in [-0.2, -0.15) is 0 Å². The second-order valence-electron chi connectivity index (χ2n) is 15.6. The van der Waals surface area contributed by atoms with Gasteiger partial charge in [0, 0.05) is 57.2 Å². The fourth-order valence-electron chi connectivity index (χ4n) is 9.33. The predicted octanol–water partition coefficient (Wildman–Crippen LogP) is 17.7. The van der Waals surface area contributed by atoms with Gasteiger partial charge in [-0.3, -0.25) is 0 Å². The predicted molar refractivity (Wildman–Crippen MR) is 266 cm³/mol. The molecule has 0 bridgehead atoms. The molecule has 0 aliphatic carbocycles. The number of benzene rings is 10. The molecular weight excluding hydrogens is 775 g/mol. The van der Waals surface area contributed by atoms with Crippen LogP contribution in [0.25, 0.3) is 95.6 Å². The van der Waals surface area contributed by atoms with E-state index in [4.69, 9.17) is 0 Å². The first kappa shape index (κ1) is 35.6. The fourth-order valence-corrected chi connectivity index (χ4v) is 11.7. The van der Waals surface area contributed by atoms with Gasteiger partial charge < -0.3 is 4.90 Å². The third-order valence-electron chi connectivity index (χ3n) is 12.1. The summed E-state index contributed by atoms with van der Waals surface area (Å²) in [7, 11) is 0. The van der Waals surface area contributed by atoms with Crippen molar-refractivity contribution in [3.8, 4) is 44.5 Å². The zero-order chi connectivity index (χ0) is 40.3. The molecule has 12 aromatic rings. The highest BCUT2D eigenvalue weighted by atomic mass is 32.1. The van der Waals surface area contributed by atoms with Gasteiger partial charge in [-0.1, -0.05) is 176 Å². The average Bonchev–Trinajstić information content (AvgIpc) is 3.91. The molecule has 10 aromatic carbocycles. The van der Waals surface area contributed by atoms with Gasteiger partial charge in [0.25, 0.3) is 0 Å². The van der Waals surface area contributed by atoms with Gasteiger partial charge in [-0.05, 0) is 92.7 Å². The van der Waals surface area contributed by atoms with Crippen molar-refractivity contribution in [3.05, 3.63) is 224 Å². The Morgan fingerprint density at radius 1 is 0.295 bits per heavy atom. The zero-order valence-corrected chi connectivity index (χ0v) is 34.8. The molecule has 286 valence electrons. The van der Waals surface area contributed by atoms with Crippen molar-refractivity contribution in [3.63, 3.8) is 0 Å². The lowest BCUT2D eigenvalue weighted by atomic mass is 9.94. The maximum absolute atomic E-state index is 2.49. The van der Waals surface area contributed by atoms with E-state index in [2.05, 4.69) is 229 Å². The Balaban J connectivity index is 1.07. The summed E-state index contributed by atoms with van der Waals surface area (Å²) in [6.07, 6.45) is 0. The summed E-state index contributed by atoms with van der Waals surface area (Å²) in [6.45, 7) is 0. The highest BCUT2D eigenvalue weighted by Gasteiger charge is 2.23. The van der Waals surface area contributed by atoms with Crippen molar-refractivity contribution in [2.45, 2.75) is 0 Å². The number of para-hydroxylation sites is 2. The molecule has 1 nitrogen and oxygen atoms in total. The number of nitrogens with zero attached hydrogens (tertiary/aromatic N) is 1. The summed E-state index contributed by atoms with van der Waals surface area (Å²) < 4.78 is 5.25. The topological polar surface area (TPSA) is 3.24 Å². The molecule has 0 amide bonds. The number of fused-ring (bicyclic) bond motifs is 7. The Labute approximate surface area is 362 Å². The molecule has 61 heavy (non-hydrogen) atoms. The molecular formula is C58H37NS2. The van der Waals surface area contributed by atoms with Crippen molar-refractivity contribution >= 4 is 90.9 Å². The van der Waals surface area contributed by atoms with E-state index in [0.29, 0.717) is 0 Å². The first-order valence-electron chi connectivity index (χ1n) is 20.7. The lowest BCUT2D eigenvalue weighted by Crippen LogP contribution is -2.12. The van der Waals surface area contributed by atoms with Gasteiger partial charge in [0.2, 0.25) is 0 Å². The van der Waals surface area contributed by atoms with Crippen molar-refractivity contribution in [1.29, 1.82) is 0 Å². The van der Waals surface area contributed by atoms with Crippen LogP contribution in [-0.4, -0.2) is 0 Å². The number of hydrogen-bond donors (Lipinski definition) is 0. The summed E-state index contributed by atoms with van der Waals surface area (Å²) in [6, 6.07) is 82.5. The lowest BCUT2D eigenvalue weighted by molar-refractivity contribution is 1.29. The van der Waals surface area contributed by atoms with Crippen LogP contribution in [0.5, 0.6) is 0 Å². The maximum atomic E-state index is 2.49. The Morgan fingerprint density at radius 3 is 1.64 bits per heavy atom. The van der Waals surface area contributed by atoms with Crippen LogP contribution >= 0.6 is 22.7 Å². The van der Waals surface area contributed by atoms with E-state index in [1.54, 1.807) is 0 Å². The molecule has 0 atom stereocenters. The van der Waals surface area contributed by atoms with E-state index < -0.39 is 0 Å². The normalized spacial score (nSPS) is 11.6. The molecule has 0 N–H and O–H groups in total. The van der Waals surface area contributed by atoms with Gasteiger partial charge in [0.15, 0.2) is 0 Å². The maximum Gasteiger partial charge on any atom is 0.0540 e. The smallest absolute Gasteiger partial charge is 0.0540 e. The first-order chi connectivity index (χ1) is 30.3. The van der Waals surface area contributed by atoms with Crippen LogP contribution in [0.2, 0.25) is 0 Å². The molecule has 0 saturated carbocycles. The van der Waals surface area contributed by atoms with Crippen LogP contribution in [0.3, 0.4) is 0 Å². The van der Waals surface area contributed by atoms with E-state index in [0.717, 1.165) is 17.1 Å². The Morgan fingerprint density at radius 2 is 0.803 bits per heavy atom. The molecule has 0 saturated heterocycles. The molecule has 0 aliphatic rings. The summed E-state index contributed by atoms with van der Waals surface area (Å²) in [4.78, 5) is 2.49. The quantitative estimate of drug-likeness (QED) is 0.155. The van der Waals surface area contributed by atoms with E-state index in [-0.39, 0.29) is 0 Å². The van der Waals surface area contributed by atoms with Crippen LogP contribution < -0.4 is 4.90 Å². The molecule has 3 heteroatoms. The Hall–Kier alpha value is -7.30. The SMILES string of the molecule is c1cc(-c2cccc(N(c3ccccc3-c3cccc4ccccc34)c3ccccc3-c3cccc4sc5ccccc5c34)c2)cc(-c2cccc3c2sc2ccccc23)c1. The third-order valence-corrected chi connectivity index (χ3v) is 14.4. The summed E-state index contributed by atoms with van der Waals surface area (Å²) in [5, 5.41) is 7.70. The van der Waals surface area contributed by atoms with Crippen LogP contribution in [-0.2, 0) is 0 Å². The molecule has 0 aliphatic heterocycles. The molecule has 2 aromatic heterocycles. The number of anilines is 3. The second kappa shape index (κ2) is 14.8. The number of hydrogen-bond acceptors (Lipinski definition) is 3. The Kier molecular flexibility index (Phi) is 8.62. The highest BCUT2D eigenvalue weighted by Crippen LogP contribution is 2.49. The van der Waals surface area contributed by atoms with Crippen molar-refractivity contribution in [2.24, 2.45) is 0 Å². The average molecular weight is 812 g/mol. The minimum atomic E-state index is 1.09. The summed E-state index contributed by atoms with van der Waals surface area (Å²) >= 11 is 3.75. The lowest BCUT2D eigenvalue weighted by Gasteiger charge is -2.30. The molecule has 0 fully saturated rings. The monoisotopic (exact) mass is 811 g/mol. The van der Waals surface area contributed by atoms with Gasteiger partial charge >= 0.3 is 0 Å². The minimum Gasteiger partial charge on any atom is -0.309 e. The molecule has 0 unspecified atom stereocenters. The van der Waals surface area contributed by atoms with Crippen LogP contribution in [0.4, 0.5) is 17.1 Å². The summed E-state index contributed by atoms with van der Waals surface area (Å²) in [5.74, 6) is 0. The molecule has 0 spiro atoms. The van der Waals surface area contributed by atoms with Crippen LogP contribution in [0.1, 0.15) is 0 Å². The minimum absolute atomic E-state index is 1.09. The molecule has 2 heterocycles. The largest absolute Gasteiger partial charge is 0.309 e.